The molecule has 0 spiro atoms. The highest BCUT2D eigenvalue weighted by molar-refractivity contribution is 5.90. The molecule has 0 aliphatic carbocycles. The first-order valence-electron chi connectivity index (χ1n) is 9.34. The maximum absolute atomic E-state index is 12.9. The van der Waals surface area contributed by atoms with Crippen molar-refractivity contribution in [1.29, 1.82) is 0 Å². The van der Waals surface area contributed by atoms with Gasteiger partial charge in [0.05, 0.1) is 26.7 Å². The van der Waals surface area contributed by atoms with Gasteiger partial charge in [0.2, 0.25) is 5.91 Å². The molecule has 1 aromatic heterocycles. The van der Waals surface area contributed by atoms with E-state index in [1.165, 1.54) is 7.11 Å². The Hall–Kier alpha value is -3.28. The van der Waals surface area contributed by atoms with Crippen molar-refractivity contribution >= 4 is 22.6 Å². The van der Waals surface area contributed by atoms with Crippen molar-refractivity contribution in [2.75, 3.05) is 21.3 Å². The molecule has 1 atom stereocenters. The van der Waals surface area contributed by atoms with Crippen LogP contribution >= 0.6 is 0 Å². The van der Waals surface area contributed by atoms with Gasteiger partial charge in [0, 0.05) is 7.05 Å². The molecule has 0 bridgehead atoms. The standard InChI is InChI=1S/C23H25NO5/c1-14(16-6-7-18-11-19(27-4)9-8-17(18)10-16)22(25)24(3)13-20-12-21(15(2)29-20)23(26)28-5/h6-12,14H,13H2,1-5H3/t14-/m0/s1. The first kappa shape index (κ1) is 20.5. The van der Waals surface area contributed by atoms with Crippen LogP contribution in [0.1, 0.15) is 40.3 Å². The van der Waals surface area contributed by atoms with Crippen LogP contribution in [-0.4, -0.2) is 38.0 Å². The quantitative estimate of drug-likeness (QED) is 0.582. The molecule has 6 nitrogen and oxygen atoms in total. The first-order chi connectivity index (χ1) is 13.8. The molecule has 0 aliphatic heterocycles. The number of hydrogen-bond donors (Lipinski definition) is 0. The Morgan fingerprint density at radius 1 is 1.07 bits per heavy atom. The van der Waals surface area contributed by atoms with Gasteiger partial charge in [0.25, 0.3) is 0 Å². The number of carbonyl (C=O) groups excluding carboxylic acids is 2. The number of esters is 1. The molecule has 29 heavy (non-hydrogen) atoms. The van der Waals surface area contributed by atoms with Crippen molar-refractivity contribution in [1.82, 2.24) is 4.90 Å². The minimum Gasteiger partial charge on any atom is -0.497 e. The number of likely N-dealkylation sites (N-methyl/N-ethyl adjacent to an activating group) is 1. The number of hydrogen-bond acceptors (Lipinski definition) is 5. The summed E-state index contributed by atoms with van der Waals surface area (Å²) in [5.74, 6) is 1.01. The second-order valence-corrected chi connectivity index (χ2v) is 7.06. The lowest BCUT2D eigenvalue weighted by atomic mass is 9.96. The maximum atomic E-state index is 12.9. The lowest BCUT2D eigenvalue weighted by Gasteiger charge is -2.21. The molecule has 0 saturated carbocycles. The third-order valence-electron chi connectivity index (χ3n) is 5.09. The molecule has 0 radical (unpaired) electrons. The number of benzene rings is 2. The molecule has 1 heterocycles. The van der Waals surface area contributed by atoms with Gasteiger partial charge in [-0.3, -0.25) is 4.79 Å². The normalized spacial score (nSPS) is 11.9. The fourth-order valence-corrected chi connectivity index (χ4v) is 3.36. The minimum absolute atomic E-state index is 0.0356. The molecule has 0 N–H and O–H groups in total. The highest BCUT2D eigenvalue weighted by atomic mass is 16.5. The number of rotatable bonds is 6. The Morgan fingerprint density at radius 2 is 1.76 bits per heavy atom. The van der Waals surface area contributed by atoms with Crippen molar-refractivity contribution in [3.05, 3.63) is 65.1 Å². The van der Waals surface area contributed by atoms with Crippen LogP contribution in [0, 0.1) is 6.92 Å². The number of aryl methyl sites for hydroxylation is 1. The fraction of sp³-hybridized carbons (Fsp3) is 0.304. The van der Waals surface area contributed by atoms with Gasteiger partial charge in [-0.25, -0.2) is 4.79 Å². The van der Waals surface area contributed by atoms with E-state index in [-0.39, 0.29) is 18.4 Å². The van der Waals surface area contributed by atoms with Gasteiger partial charge < -0.3 is 18.8 Å². The second-order valence-electron chi connectivity index (χ2n) is 7.06. The summed E-state index contributed by atoms with van der Waals surface area (Å²) in [5.41, 5.74) is 1.31. The Morgan fingerprint density at radius 3 is 2.45 bits per heavy atom. The van der Waals surface area contributed by atoms with E-state index in [4.69, 9.17) is 13.9 Å². The van der Waals surface area contributed by atoms with E-state index >= 15 is 0 Å². The Bertz CT molecular complexity index is 1050. The van der Waals surface area contributed by atoms with Gasteiger partial charge in [-0.15, -0.1) is 0 Å². The van der Waals surface area contributed by atoms with Gasteiger partial charge in [-0.2, -0.15) is 0 Å². The minimum atomic E-state index is -0.451. The van der Waals surface area contributed by atoms with Crippen LogP contribution in [0.5, 0.6) is 5.75 Å². The van der Waals surface area contributed by atoms with E-state index in [0.717, 1.165) is 22.1 Å². The molecule has 0 fully saturated rings. The topological polar surface area (TPSA) is 69.0 Å². The highest BCUT2D eigenvalue weighted by Crippen LogP contribution is 2.26. The summed E-state index contributed by atoms with van der Waals surface area (Å²) in [6.45, 7) is 3.85. The van der Waals surface area contributed by atoms with E-state index in [9.17, 15) is 9.59 Å². The van der Waals surface area contributed by atoms with Crippen LogP contribution < -0.4 is 4.74 Å². The largest absolute Gasteiger partial charge is 0.497 e. The third kappa shape index (κ3) is 4.26. The van der Waals surface area contributed by atoms with Gasteiger partial charge in [0.15, 0.2) is 0 Å². The van der Waals surface area contributed by atoms with E-state index in [2.05, 4.69) is 0 Å². The average Bonchev–Trinajstić information content (AvgIpc) is 3.10. The summed E-state index contributed by atoms with van der Waals surface area (Å²) >= 11 is 0. The number of nitrogens with zero attached hydrogens (tertiary/aromatic N) is 1. The summed E-state index contributed by atoms with van der Waals surface area (Å²) in [5, 5.41) is 2.11. The zero-order chi connectivity index (χ0) is 21.1. The van der Waals surface area contributed by atoms with Crippen LogP contribution in [-0.2, 0) is 16.1 Å². The van der Waals surface area contributed by atoms with Gasteiger partial charge in [-0.1, -0.05) is 24.3 Å². The molecular formula is C23H25NO5. The Labute approximate surface area is 170 Å². The summed E-state index contributed by atoms with van der Waals surface area (Å²) in [4.78, 5) is 26.3. The van der Waals surface area contributed by atoms with Crippen LogP contribution in [0.2, 0.25) is 0 Å². The molecule has 0 unspecified atom stereocenters. The maximum Gasteiger partial charge on any atom is 0.341 e. The Kier molecular flexibility index (Phi) is 5.92. The van der Waals surface area contributed by atoms with Gasteiger partial charge in [-0.05, 0) is 48.4 Å². The summed E-state index contributed by atoms with van der Waals surface area (Å²) in [6, 6.07) is 13.5. The van der Waals surface area contributed by atoms with Crippen LogP contribution in [0.4, 0.5) is 0 Å². The van der Waals surface area contributed by atoms with Crippen molar-refractivity contribution in [2.45, 2.75) is 26.3 Å². The van der Waals surface area contributed by atoms with Crippen LogP contribution in [0.3, 0.4) is 0 Å². The number of amides is 1. The van der Waals surface area contributed by atoms with Crippen LogP contribution in [0.25, 0.3) is 10.8 Å². The van der Waals surface area contributed by atoms with Gasteiger partial charge >= 0.3 is 5.97 Å². The zero-order valence-corrected chi connectivity index (χ0v) is 17.3. The molecule has 1 amide bonds. The molecule has 2 aromatic carbocycles. The van der Waals surface area contributed by atoms with Crippen molar-refractivity contribution in [3.8, 4) is 5.75 Å². The van der Waals surface area contributed by atoms with Gasteiger partial charge in [0.1, 0.15) is 22.8 Å². The molecule has 6 heteroatoms. The summed E-state index contributed by atoms with van der Waals surface area (Å²) < 4.78 is 15.6. The molecule has 3 aromatic rings. The molecule has 0 saturated heterocycles. The molecule has 0 aliphatic rings. The predicted molar refractivity (Wildman–Crippen MR) is 110 cm³/mol. The number of carbonyl (C=O) groups is 2. The number of fused-ring (bicyclic) bond motifs is 1. The van der Waals surface area contributed by atoms with Crippen molar-refractivity contribution in [3.63, 3.8) is 0 Å². The van der Waals surface area contributed by atoms with E-state index in [1.807, 2.05) is 43.3 Å². The zero-order valence-electron chi connectivity index (χ0n) is 17.3. The lowest BCUT2D eigenvalue weighted by molar-refractivity contribution is -0.131. The SMILES string of the molecule is COC(=O)c1cc(CN(C)C(=O)[C@@H](C)c2ccc3cc(OC)ccc3c2)oc1C. The van der Waals surface area contributed by atoms with Crippen LogP contribution in [0.15, 0.2) is 46.9 Å². The number of methoxy groups -OCH3 is 2. The van der Waals surface area contributed by atoms with E-state index in [1.54, 1.807) is 32.0 Å². The highest BCUT2D eigenvalue weighted by Gasteiger charge is 2.22. The summed E-state index contributed by atoms with van der Waals surface area (Å²) in [6.07, 6.45) is 0. The average molecular weight is 395 g/mol. The first-order valence-corrected chi connectivity index (χ1v) is 9.34. The smallest absolute Gasteiger partial charge is 0.341 e. The fourth-order valence-electron chi connectivity index (χ4n) is 3.36. The van der Waals surface area contributed by atoms with E-state index < -0.39 is 5.97 Å². The number of ether oxygens (including phenoxy) is 2. The molecule has 152 valence electrons. The number of furan rings is 1. The molecule has 3 rings (SSSR count). The molecular weight excluding hydrogens is 370 g/mol. The second kappa shape index (κ2) is 8.39. The van der Waals surface area contributed by atoms with Crippen molar-refractivity contribution < 1.29 is 23.5 Å². The predicted octanol–water partition coefficient (Wildman–Crippen LogP) is 4.30. The monoisotopic (exact) mass is 395 g/mol. The lowest BCUT2D eigenvalue weighted by Crippen LogP contribution is -2.30. The third-order valence-corrected chi connectivity index (χ3v) is 5.09. The summed E-state index contributed by atoms with van der Waals surface area (Å²) in [7, 11) is 4.69. The van der Waals surface area contributed by atoms with E-state index in [0.29, 0.717) is 17.1 Å². The van der Waals surface area contributed by atoms with Crippen molar-refractivity contribution in [2.24, 2.45) is 0 Å². The Balaban J connectivity index is 1.75.